The highest BCUT2D eigenvalue weighted by Gasteiger charge is 2.48. The summed E-state index contributed by atoms with van der Waals surface area (Å²) in [7, 11) is 0. The fourth-order valence-corrected chi connectivity index (χ4v) is 1.26. The van der Waals surface area contributed by atoms with E-state index in [0.717, 1.165) is 0 Å². The summed E-state index contributed by atoms with van der Waals surface area (Å²) >= 11 is 0. The van der Waals surface area contributed by atoms with Crippen LogP contribution >= 0.6 is 0 Å². The zero-order valence-electron chi connectivity index (χ0n) is 9.40. The molecule has 1 rings (SSSR count). The van der Waals surface area contributed by atoms with Crippen LogP contribution in [0.4, 0.5) is 0 Å². The third kappa shape index (κ3) is 3.03. The van der Waals surface area contributed by atoms with Crippen LogP contribution < -0.4 is 0 Å². The number of esters is 3. The molecule has 0 aliphatic carbocycles. The van der Waals surface area contributed by atoms with Crippen molar-refractivity contribution in [2.45, 2.75) is 44.8 Å². The van der Waals surface area contributed by atoms with Gasteiger partial charge in [0.1, 0.15) is 5.60 Å². The summed E-state index contributed by atoms with van der Waals surface area (Å²) in [5.41, 5.74) is -2.89. The van der Waals surface area contributed by atoms with Crippen molar-refractivity contribution in [2.75, 3.05) is 0 Å². The maximum absolute atomic E-state index is 11.6. The Labute approximate surface area is 92.5 Å². The summed E-state index contributed by atoms with van der Waals surface area (Å²) in [6, 6.07) is 0. The Balaban J connectivity index is 2.80. The predicted octanol–water partition coefficient (Wildman–Crippen LogP) is -0.0772. The van der Waals surface area contributed by atoms with Crippen molar-refractivity contribution >= 4 is 17.9 Å². The average Bonchev–Trinajstić information content (AvgIpc) is 1.97. The highest BCUT2D eigenvalue weighted by molar-refractivity contribution is 5.97. The van der Waals surface area contributed by atoms with Crippen LogP contribution in [0.1, 0.15) is 33.6 Å². The van der Waals surface area contributed by atoms with E-state index >= 15 is 0 Å². The Kier molecular flexibility index (Phi) is 3.05. The monoisotopic (exact) mass is 230 g/mol. The molecule has 1 heterocycles. The van der Waals surface area contributed by atoms with Crippen molar-refractivity contribution in [3.63, 3.8) is 0 Å². The molecule has 16 heavy (non-hydrogen) atoms. The first-order valence-corrected chi connectivity index (χ1v) is 4.82. The second-order valence-electron chi connectivity index (χ2n) is 4.73. The summed E-state index contributed by atoms with van der Waals surface area (Å²) in [4.78, 5) is 33.5. The van der Waals surface area contributed by atoms with Crippen molar-refractivity contribution < 1.29 is 29.0 Å². The lowest BCUT2D eigenvalue weighted by atomic mass is 9.93. The van der Waals surface area contributed by atoms with Gasteiger partial charge < -0.3 is 14.6 Å². The maximum atomic E-state index is 11.6. The van der Waals surface area contributed by atoms with Crippen LogP contribution in [0, 0.1) is 0 Å². The molecule has 0 spiro atoms. The number of carbonyl (C=O) groups is 3. The van der Waals surface area contributed by atoms with Gasteiger partial charge in [0.2, 0.25) is 0 Å². The Morgan fingerprint density at radius 1 is 1.31 bits per heavy atom. The van der Waals surface area contributed by atoms with Crippen LogP contribution in [0.2, 0.25) is 0 Å². The minimum absolute atomic E-state index is 0.562. The fourth-order valence-electron chi connectivity index (χ4n) is 1.26. The van der Waals surface area contributed by atoms with Crippen molar-refractivity contribution in [2.24, 2.45) is 0 Å². The maximum Gasteiger partial charge on any atom is 0.339 e. The SMILES string of the molecule is CC(C)(C)OC(=O)C1(O)CC(=O)OC(=O)C1. The van der Waals surface area contributed by atoms with Crippen molar-refractivity contribution in [3.05, 3.63) is 0 Å². The van der Waals surface area contributed by atoms with Crippen LogP contribution in [0.3, 0.4) is 0 Å². The van der Waals surface area contributed by atoms with E-state index in [-0.39, 0.29) is 0 Å². The highest BCUT2D eigenvalue weighted by atomic mass is 16.6. The Hall–Kier alpha value is -1.43. The van der Waals surface area contributed by atoms with Crippen LogP contribution in [0.5, 0.6) is 0 Å². The molecule has 1 aliphatic heterocycles. The van der Waals surface area contributed by atoms with E-state index in [9.17, 15) is 19.5 Å². The van der Waals surface area contributed by atoms with Gasteiger partial charge in [0.25, 0.3) is 0 Å². The van der Waals surface area contributed by atoms with E-state index in [1.807, 2.05) is 0 Å². The zero-order chi connectivity index (χ0) is 12.6. The molecule has 1 aliphatic rings. The first-order chi connectivity index (χ1) is 7.12. The number of ether oxygens (including phenoxy) is 2. The minimum atomic E-state index is -2.10. The number of hydrogen-bond donors (Lipinski definition) is 1. The van der Waals surface area contributed by atoms with Gasteiger partial charge in [-0.05, 0) is 20.8 Å². The average molecular weight is 230 g/mol. The Morgan fingerprint density at radius 2 is 1.75 bits per heavy atom. The molecule has 0 aromatic heterocycles. The van der Waals surface area contributed by atoms with Gasteiger partial charge in [0.15, 0.2) is 5.60 Å². The molecule has 0 radical (unpaired) electrons. The molecule has 0 bridgehead atoms. The quantitative estimate of drug-likeness (QED) is 0.500. The normalized spacial score (nSPS) is 20.2. The molecule has 1 N–H and O–H groups in total. The molecule has 6 nitrogen and oxygen atoms in total. The second kappa shape index (κ2) is 3.86. The second-order valence-corrected chi connectivity index (χ2v) is 4.73. The lowest BCUT2D eigenvalue weighted by Gasteiger charge is -2.30. The third-order valence-electron chi connectivity index (χ3n) is 1.88. The van der Waals surface area contributed by atoms with E-state index in [4.69, 9.17) is 4.74 Å². The standard InChI is InChI=1S/C10H14O6/c1-9(2,3)16-8(13)10(14)4-6(11)15-7(12)5-10/h14H,4-5H2,1-3H3. The van der Waals surface area contributed by atoms with Crippen LogP contribution in [-0.4, -0.2) is 34.2 Å². The number of carbonyl (C=O) groups excluding carboxylic acids is 3. The molecule has 1 saturated heterocycles. The first kappa shape index (κ1) is 12.6. The van der Waals surface area contributed by atoms with Gasteiger partial charge in [-0.3, -0.25) is 9.59 Å². The molecule has 0 amide bonds. The molecular weight excluding hydrogens is 216 g/mol. The number of rotatable bonds is 1. The zero-order valence-corrected chi connectivity index (χ0v) is 9.40. The van der Waals surface area contributed by atoms with E-state index in [2.05, 4.69) is 4.74 Å². The summed E-state index contributed by atoms with van der Waals surface area (Å²) in [6.45, 7) is 4.87. The third-order valence-corrected chi connectivity index (χ3v) is 1.88. The van der Waals surface area contributed by atoms with Crippen LogP contribution in [0.25, 0.3) is 0 Å². The summed E-state index contributed by atoms with van der Waals surface area (Å²) in [5.74, 6) is -2.83. The van der Waals surface area contributed by atoms with Crippen molar-refractivity contribution in [1.29, 1.82) is 0 Å². The fraction of sp³-hybridized carbons (Fsp3) is 0.700. The molecule has 90 valence electrons. The molecular formula is C10H14O6. The number of cyclic esters (lactones) is 2. The van der Waals surface area contributed by atoms with E-state index in [1.54, 1.807) is 20.8 Å². The van der Waals surface area contributed by atoms with Crippen LogP contribution in [0.15, 0.2) is 0 Å². The van der Waals surface area contributed by atoms with Gasteiger partial charge in [0, 0.05) is 0 Å². The first-order valence-electron chi connectivity index (χ1n) is 4.82. The smallest absolute Gasteiger partial charge is 0.339 e. The lowest BCUT2D eigenvalue weighted by Crippen LogP contribution is -2.50. The van der Waals surface area contributed by atoms with E-state index in [0.29, 0.717) is 0 Å². The topological polar surface area (TPSA) is 89.9 Å². The molecule has 0 aromatic rings. The molecule has 1 fully saturated rings. The van der Waals surface area contributed by atoms with Gasteiger partial charge in [-0.2, -0.15) is 0 Å². The number of hydrogen-bond acceptors (Lipinski definition) is 6. The van der Waals surface area contributed by atoms with Gasteiger partial charge in [-0.15, -0.1) is 0 Å². The summed E-state index contributed by atoms with van der Waals surface area (Å²) in [5, 5.41) is 9.85. The van der Waals surface area contributed by atoms with Gasteiger partial charge >= 0.3 is 17.9 Å². The predicted molar refractivity (Wildman–Crippen MR) is 51.1 cm³/mol. The van der Waals surface area contributed by atoms with E-state index in [1.165, 1.54) is 0 Å². The van der Waals surface area contributed by atoms with E-state index < -0.39 is 42.0 Å². The summed E-state index contributed by atoms with van der Waals surface area (Å²) < 4.78 is 9.14. The molecule has 0 unspecified atom stereocenters. The summed E-state index contributed by atoms with van der Waals surface area (Å²) in [6.07, 6.45) is -1.12. The highest BCUT2D eigenvalue weighted by Crippen LogP contribution is 2.25. The van der Waals surface area contributed by atoms with Crippen molar-refractivity contribution in [1.82, 2.24) is 0 Å². The minimum Gasteiger partial charge on any atom is -0.458 e. The molecule has 6 heteroatoms. The van der Waals surface area contributed by atoms with Crippen molar-refractivity contribution in [3.8, 4) is 0 Å². The Morgan fingerprint density at radius 3 is 2.12 bits per heavy atom. The number of aliphatic hydroxyl groups is 1. The van der Waals surface area contributed by atoms with Crippen LogP contribution in [-0.2, 0) is 23.9 Å². The van der Waals surface area contributed by atoms with Gasteiger partial charge in [-0.25, -0.2) is 4.79 Å². The largest absolute Gasteiger partial charge is 0.458 e. The molecule has 0 saturated carbocycles. The Bertz CT molecular complexity index is 322. The molecule has 0 aromatic carbocycles. The molecule has 0 atom stereocenters. The van der Waals surface area contributed by atoms with Gasteiger partial charge in [0.05, 0.1) is 12.8 Å². The lowest BCUT2D eigenvalue weighted by molar-refractivity contribution is -0.194. The van der Waals surface area contributed by atoms with Gasteiger partial charge in [-0.1, -0.05) is 0 Å².